The molecule has 4 amide bonds. The highest BCUT2D eigenvalue weighted by molar-refractivity contribution is 6.24. The van der Waals surface area contributed by atoms with Crippen LogP contribution < -0.4 is 19.3 Å². The molecule has 0 aliphatic carbocycles. The second kappa shape index (κ2) is 10.2. The molecule has 12 nitrogen and oxygen atoms in total. The topological polar surface area (TPSA) is 146 Å². The second-order valence-corrected chi connectivity index (χ2v) is 10.8. The molecule has 7 rings (SSSR count). The maximum absolute atomic E-state index is 13.7. The van der Waals surface area contributed by atoms with Crippen LogP contribution in [-0.4, -0.2) is 63.0 Å². The fourth-order valence-electron chi connectivity index (χ4n) is 6.71. The normalized spacial score (nSPS) is 22.9. The summed E-state index contributed by atoms with van der Waals surface area (Å²) in [7, 11) is 2.68. The van der Waals surface area contributed by atoms with Gasteiger partial charge in [0.15, 0.2) is 0 Å². The van der Waals surface area contributed by atoms with Gasteiger partial charge in [-0.3, -0.25) is 28.8 Å². The van der Waals surface area contributed by atoms with E-state index in [0.717, 1.165) is 9.80 Å². The zero-order chi connectivity index (χ0) is 30.9. The Morgan fingerprint density at radius 1 is 0.614 bits per heavy atom. The minimum atomic E-state index is -1.13. The van der Waals surface area contributed by atoms with Gasteiger partial charge in [0.25, 0.3) is 11.8 Å². The number of anilines is 2. The monoisotopic (exact) mass is 596 g/mol. The maximum Gasteiger partial charge on any atom is 0.320 e. The average Bonchev–Trinajstić information content (AvgIpc) is 3.67. The molecule has 44 heavy (non-hydrogen) atoms. The van der Waals surface area contributed by atoms with Gasteiger partial charge in [-0.1, -0.05) is 36.4 Å². The molecular weight excluding hydrogens is 572 g/mol. The molecule has 0 N–H and O–H groups in total. The molecule has 3 aromatic rings. The zero-order valence-corrected chi connectivity index (χ0v) is 23.5. The Kier molecular flexibility index (Phi) is 6.41. The molecule has 0 radical (unpaired) electrons. The van der Waals surface area contributed by atoms with Gasteiger partial charge in [-0.2, -0.15) is 0 Å². The Morgan fingerprint density at radius 3 is 1.39 bits per heavy atom. The molecule has 4 aliphatic heterocycles. The van der Waals surface area contributed by atoms with Crippen molar-refractivity contribution in [3.8, 4) is 11.5 Å². The number of fused-ring (bicyclic) bond motifs is 4. The first-order valence-electron chi connectivity index (χ1n) is 13.8. The summed E-state index contributed by atoms with van der Waals surface area (Å²) in [5.41, 5.74) is 2.27. The number of carbonyl (C=O) groups is 6. The number of para-hydroxylation sites is 2. The van der Waals surface area contributed by atoms with E-state index in [1.807, 2.05) is 0 Å². The highest BCUT2D eigenvalue weighted by atomic mass is 16.6. The molecular formula is C32H24N2O10. The van der Waals surface area contributed by atoms with Crippen molar-refractivity contribution in [2.45, 2.75) is 23.7 Å². The van der Waals surface area contributed by atoms with Crippen molar-refractivity contribution in [1.29, 1.82) is 0 Å². The predicted molar refractivity (Wildman–Crippen MR) is 150 cm³/mol. The largest absolute Gasteiger partial charge is 0.426 e. The molecule has 0 saturated carbocycles. The number of hydrogen-bond acceptors (Lipinski definition) is 10. The van der Waals surface area contributed by atoms with Gasteiger partial charge < -0.3 is 18.9 Å². The van der Waals surface area contributed by atoms with Crippen molar-refractivity contribution in [2.24, 2.45) is 0 Å². The summed E-state index contributed by atoms with van der Waals surface area (Å²) in [6.45, 7) is -0.665. The highest BCUT2D eigenvalue weighted by Gasteiger charge is 2.54. The molecule has 0 saturated heterocycles. The van der Waals surface area contributed by atoms with Gasteiger partial charge in [0.05, 0.1) is 23.2 Å². The second-order valence-electron chi connectivity index (χ2n) is 10.8. The van der Waals surface area contributed by atoms with Gasteiger partial charge in [0.1, 0.15) is 36.5 Å². The van der Waals surface area contributed by atoms with Gasteiger partial charge >= 0.3 is 11.9 Å². The van der Waals surface area contributed by atoms with Crippen LogP contribution in [0.1, 0.15) is 45.9 Å². The molecule has 222 valence electrons. The molecule has 0 aromatic heterocycles. The summed E-state index contributed by atoms with van der Waals surface area (Å²) < 4.78 is 21.2. The van der Waals surface area contributed by atoms with Crippen LogP contribution in [0.3, 0.4) is 0 Å². The maximum atomic E-state index is 13.7. The van der Waals surface area contributed by atoms with Crippen LogP contribution in [0.5, 0.6) is 11.5 Å². The van der Waals surface area contributed by atoms with Gasteiger partial charge in [0, 0.05) is 25.3 Å². The van der Waals surface area contributed by atoms with E-state index in [1.54, 1.807) is 48.5 Å². The first kappa shape index (κ1) is 27.6. The lowest BCUT2D eigenvalue weighted by molar-refractivity contribution is -0.137. The van der Waals surface area contributed by atoms with Crippen molar-refractivity contribution in [2.75, 3.05) is 37.2 Å². The van der Waals surface area contributed by atoms with Crippen molar-refractivity contribution < 1.29 is 47.7 Å². The Labute approximate surface area is 250 Å². The number of esters is 2. The van der Waals surface area contributed by atoms with Crippen LogP contribution in [0.2, 0.25) is 0 Å². The Bertz CT molecular complexity index is 1680. The minimum Gasteiger partial charge on any atom is -0.426 e. The van der Waals surface area contributed by atoms with Crippen LogP contribution in [0, 0.1) is 0 Å². The predicted octanol–water partition coefficient (Wildman–Crippen LogP) is 2.30. The Balaban J connectivity index is 1.28. The Hall–Kier alpha value is -5.20. The standard InChI is InChI=1S/C32H24N2O10/c1-41-13-23(35)33-19-9-5-3-7-15(19)25(29(33)37)27-17-11-22-18(12-21(17)43-31(27)39)28(32(40)44-22)26-16-8-4-6-10-20(16)34(30(26)38)24(36)14-42-2/h3-12,25-28H,13-14H2,1-2H3. The van der Waals surface area contributed by atoms with E-state index in [4.69, 9.17) is 18.9 Å². The van der Waals surface area contributed by atoms with E-state index >= 15 is 0 Å². The van der Waals surface area contributed by atoms with Crippen molar-refractivity contribution in [3.05, 3.63) is 82.9 Å². The number of hydrogen-bond donors (Lipinski definition) is 0. The molecule has 0 bridgehead atoms. The van der Waals surface area contributed by atoms with Crippen LogP contribution in [0.15, 0.2) is 60.7 Å². The van der Waals surface area contributed by atoms with Crippen LogP contribution in [0.4, 0.5) is 11.4 Å². The number of benzene rings is 3. The van der Waals surface area contributed by atoms with E-state index in [9.17, 15) is 28.8 Å². The molecule has 0 spiro atoms. The third kappa shape index (κ3) is 3.84. The number of rotatable bonds is 6. The fraction of sp³-hybridized carbons (Fsp3) is 0.250. The number of imide groups is 2. The number of carbonyl (C=O) groups excluding carboxylic acids is 6. The summed E-state index contributed by atoms with van der Waals surface area (Å²) in [4.78, 5) is 81.8. The number of amides is 4. The van der Waals surface area contributed by atoms with Gasteiger partial charge in [-0.15, -0.1) is 0 Å². The first-order chi connectivity index (χ1) is 21.3. The lowest BCUT2D eigenvalue weighted by atomic mass is 9.80. The number of nitrogens with zero attached hydrogens (tertiary/aromatic N) is 2. The summed E-state index contributed by atoms with van der Waals surface area (Å²) in [5, 5.41) is 0. The lowest BCUT2D eigenvalue weighted by Crippen LogP contribution is -2.39. The number of ether oxygens (including phenoxy) is 4. The smallest absolute Gasteiger partial charge is 0.320 e. The van der Waals surface area contributed by atoms with E-state index in [2.05, 4.69) is 0 Å². The molecule has 12 heteroatoms. The van der Waals surface area contributed by atoms with Crippen molar-refractivity contribution >= 4 is 46.9 Å². The van der Waals surface area contributed by atoms with Crippen LogP contribution in [-0.2, 0) is 38.2 Å². The zero-order valence-electron chi connectivity index (χ0n) is 23.5. The highest BCUT2D eigenvalue weighted by Crippen LogP contribution is 2.55. The van der Waals surface area contributed by atoms with Crippen LogP contribution >= 0.6 is 0 Å². The van der Waals surface area contributed by atoms with E-state index in [1.165, 1.54) is 26.4 Å². The van der Waals surface area contributed by atoms with Crippen molar-refractivity contribution in [1.82, 2.24) is 0 Å². The van der Waals surface area contributed by atoms with Crippen molar-refractivity contribution in [3.63, 3.8) is 0 Å². The first-order valence-corrected chi connectivity index (χ1v) is 13.8. The summed E-state index contributed by atoms with van der Waals surface area (Å²) >= 11 is 0. The quantitative estimate of drug-likeness (QED) is 0.307. The summed E-state index contributed by atoms with van der Waals surface area (Å²) in [6, 6.07) is 16.3. The van der Waals surface area contributed by atoms with Crippen LogP contribution in [0.25, 0.3) is 0 Å². The lowest BCUT2D eigenvalue weighted by Gasteiger charge is -2.18. The molecule has 3 aromatic carbocycles. The summed E-state index contributed by atoms with van der Waals surface area (Å²) in [5.74, 6) is -7.96. The SMILES string of the molecule is COCC(=O)N1C(=O)C(C2C(=O)Oc3cc4c(cc32)OC(=O)C4C2C(=O)N(C(=O)COC)c3ccccc32)c2ccccc21. The van der Waals surface area contributed by atoms with E-state index < -0.39 is 59.2 Å². The minimum absolute atomic E-state index is 0.111. The van der Waals surface area contributed by atoms with E-state index in [-0.39, 0.29) is 24.7 Å². The fourth-order valence-corrected chi connectivity index (χ4v) is 6.71. The molecule has 4 atom stereocenters. The van der Waals surface area contributed by atoms with Gasteiger partial charge in [-0.05, 0) is 35.4 Å². The van der Waals surface area contributed by atoms with Gasteiger partial charge in [-0.25, -0.2) is 9.80 Å². The molecule has 0 fully saturated rings. The third-order valence-corrected chi connectivity index (χ3v) is 8.44. The molecule has 4 aliphatic rings. The molecule has 4 heterocycles. The molecule has 4 unspecified atom stereocenters. The third-order valence-electron chi connectivity index (χ3n) is 8.44. The average molecular weight is 597 g/mol. The Morgan fingerprint density at radius 2 is 1.00 bits per heavy atom. The van der Waals surface area contributed by atoms with E-state index in [0.29, 0.717) is 33.6 Å². The summed E-state index contributed by atoms with van der Waals surface area (Å²) in [6.07, 6.45) is 0. The number of methoxy groups -OCH3 is 2. The van der Waals surface area contributed by atoms with Gasteiger partial charge in [0.2, 0.25) is 11.8 Å².